The second kappa shape index (κ2) is 5.42. The lowest BCUT2D eigenvalue weighted by Crippen LogP contribution is -2.28. The first kappa shape index (κ1) is 11.6. The number of hydroxylamine groups is 1. The van der Waals surface area contributed by atoms with Gasteiger partial charge in [0.05, 0.1) is 12.1 Å². The topological polar surface area (TPSA) is 21.3 Å². The van der Waals surface area contributed by atoms with Crippen LogP contribution in [0.1, 0.15) is 43.7 Å². The van der Waals surface area contributed by atoms with Crippen LogP contribution in [-0.2, 0) is 4.84 Å². The molecule has 1 aliphatic heterocycles. The predicted molar refractivity (Wildman–Crippen MR) is 71.0 cm³/mol. The van der Waals surface area contributed by atoms with Crippen molar-refractivity contribution in [3.63, 3.8) is 0 Å². The molecule has 0 amide bonds. The Balaban J connectivity index is 1.64. The summed E-state index contributed by atoms with van der Waals surface area (Å²) < 4.78 is 0. The Morgan fingerprint density at radius 3 is 2.82 bits per heavy atom. The Morgan fingerprint density at radius 1 is 1.12 bits per heavy atom. The number of rotatable bonds is 3. The van der Waals surface area contributed by atoms with E-state index in [1.54, 1.807) is 0 Å². The number of thioether (sulfide) groups is 1. The van der Waals surface area contributed by atoms with Crippen LogP contribution in [0.15, 0.2) is 29.2 Å². The summed E-state index contributed by atoms with van der Waals surface area (Å²) in [6.07, 6.45) is 6.69. The molecule has 0 saturated heterocycles. The molecule has 0 bridgehead atoms. The summed E-state index contributed by atoms with van der Waals surface area (Å²) in [4.78, 5) is 7.25. The highest BCUT2D eigenvalue weighted by atomic mass is 32.2. The van der Waals surface area contributed by atoms with Crippen molar-refractivity contribution < 1.29 is 4.84 Å². The molecular weight excluding hydrogens is 230 g/mol. The van der Waals surface area contributed by atoms with Crippen molar-refractivity contribution >= 4 is 11.8 Å². The molecule has 1 aromatic carbocycles. The van der Waals surface area contributed by atoms with Gasteiger partial charge in [-0.2, -0.15) is 5.48 Å². The maximum atomic E-state index is 5.84. The molecule has 1 aliphatic carbocycles. The van der Waals surface area contributed by atoms with Gasteiger partial charge in [0.1, 0.15) is 0 Å². The zero-order valence-corrected chi connectivity index (χ0v) is 10.8. The van der Waals surface area contributed by atoms with E-state index in [0.717, 1.165) is 6.42 Å². The van der Waals surface area contributed by atoms with Gasteiger partial charge < -0.3 is 0 Å². The van der Waals surface area contributed by atoms with E-state index in [2.05, 4.69) is 29.7 Å². The van der Waals surface area contributed by atoms with Crippen LogP contribution in [-0.4, -0.2) is 11.9 Å². The van der Waals surface area contributed by atoms with Gasteiger partial charge in [-0.15, -0.1) is 11.8 Å². The molecule has 1 N–H and O–H groups in total. The van der Waals surface area contributed by atoms with Gasteiger partial charge in [-0.25, -0.2) is 0 Å². The third-order valence-electron chi connectivity index (χ3n) is 3.64. The molecule has 92 valence electrons. The lowest BCUT2D eigenvalue weighted by Gasteiger charge is -2.26. The minimum atomic E-state index is 0.382. The normalized spacial score (nSPS) is 24.8. The van der Waals surface area contributed by atoms with Crippen molar-refractivity contribution in [2.24, 2.45) is 0 Å². The molecule has 2 aliphatic rings. The zero-order valence-electron chi connectivity index (χ0n) is 10.0. The summed E-state index contributed by atoms with van der Waals surface area (Å²) in [7, 11) is 0. The molecule has 0 aromatic heterocycles. The van der Waals surface area contributed by atoms with Crippen molar-refractivity contribution in [1.29, 1.82) is 0 Å². The number of hydrogen-bond acceptors (Lipinski definition) is 3. The van der Waals surface area contributed by atoms with Gasteiger partial charge in [-0.3, -0.25) is 4.84 Å². The van der Waals surface area contributed by atoms with Crippen molar-refractivity contribution in [3.05, 3.63) is 29.8 Å². The van der Waals surface area contributed by atoms with Crippen molar-refractivity contribution in [2.45, 2.75) is 49.1 Å². The quantitative estimate of drug-likeness (QED) is 0.826. The summed E-state index contributed by atoms with van der Waals surface area (Å²) >= 11 is 1.96. The van der Waals surface area contributed by atoms with E-state index in [9.17, 15) is 0 Å². The standard InChI is InChI=1S/C14H19NOS/c1-2-6-11(5-1)16-15-13-9-10-17-14-8-4-3-7-12(13)14/h3-4,7-8,11,13,15H,1-2,5-6,9-10H2. The Morgan fingerprint density at radius 2 is 1.94 bits per heavy atom. The van der Waals surface area contributed by atoms with Gasteiger partial charge >= 0.3 is 0 Å². The molecule has 1 atom stereocenters. The summed E-state index contributed by atoms with van der Waals surface area (Å²) in [5, 5.41) is 0. The average molecular weight is 249 g/mol. The lowest BCUT2D eigenvalue weighted by molar-refractivity contribution is -0.0420. The molecule has 3 heteroatoms. The van der Waals surface area contributed by atoms with E-state index in [4.69, 9.17) is 4.84 Å². The van der Waals surface area contributed by atoms with Gasteiger partial charge in [0, 0.05) is 4.90 Å². The fourth-order valence-electron chi connectivity index (χ4n) is 2.65. The Kier molecular flexibility index (Phi) is 3.69. The van der Waals surface area contributed by atoms with E-state index in [1.165, 1.54) is 41.9 Å². The molecule has 3 rings (SSSR count). The van der Waals surface area contributed by atoms with Gasteiger partial charge in [0.15, 0.2) is 0 Å². The summed E-state index contributed by atoms with van der Waals surface area (Å²) in [5.41, 5.74) is 4.71. The van der Waals surface area contributed by atoms with E-state index in [1.807, 2.05) is 11.8 Å². The minimum Gasteiger partial charge on any atom is -0.298 e. The van der Waals surface area contributed by atoms with Crippen LogP contribution in [0.2, 0.25) is 0 Å². The number of hydrogen-bond donors (Lipinski definition) is 1. The SMILES string of the molecule is c1ccc2c(c1)SCCC2NOC1CCCC1. The Bertz CT molecular complexity index is 376. The molecule has 1 aromatic rings. The molecule has 0 radical (unpaired) electrons. The van der Waals surface area contributed by atoms with E-state index in [-0.39, 0.29) is 0 Å². The molecular formula is C14H19NOS. The highest BCUT2D eigenvalue weighted by molar-refractivity contribution is 7.99. The lowest BCUT2D eigenvalue weighted by atomic mass is 10.1. The Labute approximate surface area is 107 Å². The molecule has 0 spiro atoms. The number of nitrogens with one attached hydrogen (secondary N) is 1. The third kappa shape index (κ3) is 2.67. The number of benzene rings is 1. The molecule has 2 nitrogen and oxygen atoms in total. The average Bonchev–Trinajstić information content (AvgIpc) is 2.89. The molecule has 1 unspecified atom stereocenters. The summed E-state index contributed by atoms with van der Waals surface area (Å²) in [5.74, 6) is 1.18. The Hall–Kier alpha value is -0.510. The maximum absolute atomic E-state index is 5.84. The molecule has 1 fully saturated rings. The first-order valence-electron chi connectivity index (χ1n) is 6.56. The first-order chi connectivity index (χ1) is 8.43. The fraction of sp³-hybridized carbons (Fsp3) is 0.571. The van der Waals surface area contributed by atoms with Gasteiger partial charge in [0.25, 0.3) is 0 Å². The second-order valence-electron chi connectivity index (χ2n) is 4.87. The second-order valence-corrected chi connectivity index (χ2v) is 6.01. The first-order valence-corrected chi connectivity index (χ1v) is 7.55. The smallest absolute Gasteiger partial charge is 0.0790 e. The monoisotopic (exact) mass is 249 g/mol. The molecule has 1 heterocycles. The molecule has 1 saturated carbocycles. The summed E-state index contributed by atoms with van der Waals surface area (Å²) in [6.45, 7) is 0. The molecule has 17 heavy (non-hydrogen) atoms. The maximum Gasteiger partial charge on any atom is 0.0790 e. The predicted octanol–water partition coefficient (Wildman–Crippen LogP) is 3.69. The van der Waals surface area contributed by atoms with E-state index in [0.29, 0.717) is 12.1 Å². The van der Waals surface area contributed by atoms with Gasteiger partial charge in [-0.1, -0.05) is 31.0 Å². The van der Waals surface area contributed by atoms with Crippen LogP contribution in [0.4, 0.5) is 0 Å². The minimum absolute atomic E-state index is 0.382. The van der Waals surface area contributed by atoms with Crippen molar-refractivity contribution in [2.75, 3.05) is 5.75 Å². The largest absolute Gasteiger partial charge is 0.298 e. The van der Waals surface area contributed by atoms with Crippen LogP contribution >= 0.6 is 11.8 Å². The number of fused-ring (bicyclic) bond motifs is 1. The van der Waals surface area contributed by atoms with Gasteiger partial charge in [0.2, 0.25) is 0 Å². The van der Waals surface area contributed by atoms with Crippen LogP contribution in [0.5, 0.6) is 0 Å². The van der Waals surface area contributed by atoms with Crippen LogP contribution in [0.3, 0.4) is 0 Å². The highest BCUT2D eigenvalue weighted by Crippen LogP contribution is 2.36. The van der Waals surface area contributed by atoms with Crippen LogP contribution < -0.4 is 5.48 Å². The van der Waals surface area contributed by atoms with Crippen LogP contribution in [0, 0.1) is 0 Å². The zero-order chi connectivity index (χ0) is 11.5. The third-order valence-corrected chi connectivity index (χ3v) is 4.76. The van der Waals surface area contributed by atoms with Crippen molar-refractivity contribution in [3.8, 4) is 0 Å². The van der Waals surface area contributed by atoms with E-state index >= 15 is 0 Å². The van der Waals surface area contributed by atoms with E-state index < -0.39 is 0 Å². The van der Waals surface area contributed by atoms with Gasteiger partial charge in [-0.05, 0) is 36.6 Å². The summed E-state index contributed by atoms with van der Waals surface area (Å²) in [6, 6.07) is 9.05. The fourth-order valence-corrected chi connectivity index (χ4v) is 3.77. The van der Waals surface area contributed by atoms with Crippen LogP contribution in [0.25, 0.3) is 0 Å². The highest BCUT2D eigenvalue weighted by Gasteiger charge is 2.22. The van der Waals surface area contributed by atoms with Crippen molar-refractivity contribution in [1.82, 2.24) is 5.48 Å².